The van der Waals surface area contributed by atoms with Gasteiger partial charge in [0.2, 0.25) is 0 Å². The molecule has 0 fully saturated rings. The largest absolute Gasteiger partial charge is 0.309 e. The van der Waals surface area contributed by atoms with Gasteiger partial charge in [0, 0.05) is 32.8 Å². The summed E-state index contributed by atoms with van der Waals surface area (Å²) in [4.78, 5) is 0. The third-order valence-electron chi connectivity index (χ3n) is 9.62. The summed E-state index contributed by atoms with van der Waals surface area (Å²) in [5, 5.41) is 33.4. The summed E-state index contributed by atoms with van der Waals surface area (Å²) in [6, 6.07) is 58.0. The van der Waals surface area contributed by atoms with E-state index in [1.54, 1.807) is 0 Å². The number of nitrogens with zero attached hydrogens (tertiary/aromatic N) is 5. The van der Waals surface area contributed by atoms with Gasteiger partial charge < -0.3 is 9.13 Å². The summed E-state index contributed by atoms with van der Waals surface area (Å²) in [7, 11) is 0. The monoisotopic (exact) mass is 635 g/mol. The van der Waals surface area contributed by atoms with E-state index in [1.165, 1.54) is 0 Å². The summed E-state index contributed by atoms with van der Waals surface area (Å²) in [5.74, 6) is 0. The lowest BCUT2D eigenvalue weighted by molar-refractivity contribution is 1.18. The van der Waals surface area contributed by atoms with Gasteiger partial charge in [0.25, 0.3) is 0 Å². The molecule has 0 unspecified atom stereocenters. The summed E-state index contributed by atoms with van der Waals surface area (Å²) < 4.78 is 4.46. The van der Waals surface area contributed by atoms with Gasteiger partial charge in [-0.25, -0.2) is 0 Å². The van der Waals surface area contributed by atoms with Crippen LogP contribution in [-0.2, 0) is 0 Å². The van der Waals surface area contributed by atoms with Crippen molar-refractivity contribution in [1.82, 2.24) is 9.13 Å². The average molecular weight is 636 g/mol. The first kappa shape index (κ1) is 28.8. The number of nitriles is 3. The fourth-order valence-corrected chi connectivity index (χ4v) is 7.40. The van der Waals surface area contributed by atoms with E-state index in [0.29, 0.717) is 16.7 Å². The minimum Gasteiger partial charge on any atom is -0.309 e. The van der Waals surface area contributed by atoms with E-state index in [1.807, 2.05) is 48.5 Å². The van der Waals surface area contributed by atoms with E-state index in [0.717, 1.165) is 77.2 Å². The molecule has 0 saturated carbocycles. The molecule has 0 aliphatic heterocycles. The number of hydrogen-bond donors (Lipinski definition) is 0. The molecule has 0 bridgehead atoms. The Balaban J connectivity index is 1.22. The zero-order valence-electron chi connectivity index (χ0n) is 26.7. The number of hydrogen-bond acceptors (Lipinski definition) is 3. The first-order chi connectivity index (χ1) is 24.7. The topological polar surface area (TPSA) is 81.2 Å². The van der Waals surface area contributed by atoms with Crippen molar-refractivity contribution in [2.24, 2.45) is 0 Å². The van der Waals surface area contributed by atoms with E-state index < -0.39 is 0 Å². The Morgan fingerprint density at radius 1 is 0.360 bits per heavy atom. The molecule has 0 aliphatic carbocycles. The van der Waals surface area contributed by atoms with E-state index in [4.69, 9.17) is 0 Å². The van der Waals surface area contributed by atoms with Gasteiger partial charge in [-0.3, -0.25) is 0 Å². The van der Waals surface area contributed by atoms with Gasteiger partial charge in [-0.05, 0) is 89.5 Å². The Labute approximate surface area is 287 Å². The molecule has 5 nitrogen and oxygen atoms in total. The van der Waals surface area contributed by atoms with E-state index >= 15 is 0 Å². The standard InChI is InChI=1S/C45H25N5/c46-26-29-14-21-43-39(23-29)40-24-30(27-47)15-22-44(40)49(43)33-18-16-32(17-19-33)34-7-1-2-8-35(34)38-20-13-31(28-48)25-45(38)50-41-11-5-3-9-36(41)37-10-4-6-12-42(37)50/h1-25H. The SMILES string of the molecule is N#Cc1ccc(-c2ccccc2-c2ccc(-n3c4ccc(C#N)cc4c4cc(C#N)ccc43)cc2)c(-n2c3ccccc3c3ccccc32)c1. The smallest absolute Gasteiger partial charge is 0.0992 e. The molecule has 50 heavy (non-hydrogen) atoms. The number of rotatable bonds is 4. The Morgan fingerprint density at radius 3 is 1.42 bits per heavy atom. The fourth-order valence-electron chi connectivity index (χ4n) is 7.40. The minimum absolute atomic E-state index is 0.578. The lowest BCUT2D eigenvalue weighted by Gasteiger charge is -2.18. The molecule has 0 radical (unpaired) electrons. The van der Waals surface area contributed by atoms with Gasteiger partial charge in [0.1, 0.15) is 0 Å². The van der Waals surface area contributed by atoms with E-state index in [-0.39, 0.29) is 0 Å². The van der Waals surface area contributed by atoms with Crippen molar-refractivity contribution in [2.45, 2.75) is 0 Å². The highest BCUT2D eigenvalue weighted by molar-refractivity contribution is 6.11. The highest BCUT2D eigenvalue weighted by Gasteiger charge is 2.19. The summed E-state index contributed by atoms with van der Waals surface area (Å²) in [5.41, 5.74) is 12.0. The van der Waals surface area contributed by atoms with Crippen LogP contribution in [0.4, 0.5) is 0 Å². The molecule has 230 valence electrons. The van der Waals surface area contributed by atoms with E-state index in [2.05, 4.69) is 130 Å². The van der Waals surface area contributed by atoms with Gasteiger partial charge >= 0.3 is 0 Å². The van der Waals surface area contributed by atoms with Crippen LogP contribution in [0.15, 0.2) is 152 Å². The molecule has 2 aromatic heterocycles. The Morgan fingerprint density at radius 2 is 0.840 bits per heavy atom. The zero-order valence-corrected chi connectivity index (χ0v) is 26.7. The van der Waals surface area contributed by atoms with Crippen LogP contribution in [0.3, 0.4) is 0 Å². The molecular weight excluding hydrogens is 611 g/mol. The Bertz CT molecular complexity index is 2830. The average Bonchev–Trinajstić information content (AvgIpc) is 3.69. The van der Waals surface area contributed by atoms with Gasteiger partial charge in [0.05, 0.1) is 62.7 Å². The minimum atomic E-state index is 0.578. The number of aromatic nitrogens is 2. The molecule has 7 aromatic carbocycles. The van der Waals surface area contributed by atoms with Crippen molar-refractivity contribution in [3.05, 3.63) is 168 Å². The summed E-state index contributed by atoms with van der Waals surface area (Å²) in [6.45, 7) is 0. The lowest BCUT2D eigenvalue weighted by atomic mass is 9.92. The van der Waals surface area contributed by atoms with Crippen LogP contribution in [0.1, 0.15) is 16.7 Å². The quantitative estimate of drug-likeness (QED) is 0.193. The molecule has 9 aromatic rings. The maximum Gasteiger partial charge on any atom is 0.0992 e. The van der Waals surface area contributed by atoms with Gasteiger partial charge in [-0.1, -0.05) is 78.9 Å². The fraction of sp³-hybridized carbons (Fsp3) is 0. The molecule has 0 N–H and O–H groups in total. The highest BCUT2D eigenvalue weighted by Crippen LogP contribution is 2.41. The number of para-hydroxylation sites is 2. The second kappa shape index (κ2) is 11.4. The van der Waals surface area contributed by atoms with Crippen molar-refractivity contribution in [3.63, 3.8) is 0 Å². The third-order valence-corrected chi connectivity index (χ3v) is 9.62. The maximum absolute atomic E-state index is 9.98. The molecule has 0 amide bonds. The molecular formula is C45H25N5. The number of fused-ring (bicyclic) bond motifs is 6. The van der Waals surface area contributed by atoms with Crippen LogP contribution in [-0.4, -0.2) is 9.13 Å². The van der Waals surface area contributed by atoms with Crippen molar-refractivity contribution < 1.29 is 0 Å². The highest BCUT2D eigenvalue weighted by atomic mass is 15.0. The molecule has 5 heteroatoms. The predicted molar refractivity (Wildman–Crippen MR) is 200 cm³/mol. The molecule has 0 saturated heterocycles. The van der Waals surface area contributed by atoms with Crippen molar-refractivity contribution in [2.75, 3.05) is 0 Å². The Hall–Kier alpha value is -7.39. The van der Waals surface area contributed by atoms with Crippen LogP contribution in [0, 0.1) is 34.0 Å². The second-order valence-electron chi connectivity index (χ2n) is 12.3. The van der Waals surface area contributed by atoms with Crippen LogP contribution in [0.5, 0.6) is 0 Å². The molecule has 0 aliphatic rings. The van der Waals surface area contributed by atoms with Gasteiger partial charge in [-0.15, -0.1) is 0 Å². The lowest BCUT2D eigenvalue weighted by Crippen LogP contribution is -1.99. The first-order valence-electron chi connectivity index (χ1n) is 16.3. The zero-order chi connectivity index (χ0) is 33.8. The van der Waals surface area contributed by atoms with Crippen LogP contribution in [0.25, 0.3) is 77.2 Å². The van der Waals surface area contributed by atoms with Gasteiger partial charge in [-0.2, -0.15) is 15.8 Å². The van der Waals surface area contributed by atoms with E-state index in [9.17, 15) is 15.8 Å². The van der Waals surface area contributed by atoms with Crippen molar-refractivity contribution in [1.29, 1.82) is 15.8 Å². The van der Waals surface area contributed by atoms with Crippen molar-refractivity contribution in [3.8, 4) is 51.8 Å². The maximum atomic E-state index is 9.98. The van der Waals surface area contributed by atoms with Crippen LogP contribution >= 0.6 is 0 Å². The first-order valence-corrected chi connectivity index (χ1v) is 16.3. The second-order valence-corrected chi connectivity index (χ2v) is 12.3. The summed E-state index contributed by atoms with van der Waals surface area (Å²) in [6.07, 6.45) is 0. The van der Waals surface area contributed by atoms with Crippen LogP contribution < -0.4 is 0 Å². The van der Waals surface area contributed by atoms with Crippen LogP contribution in [0.2, 0.25) is 0 Å². The van der Waals surface area contributed by atoms with Crippen molar-refractivity contribution >= 4 is 43.6 Å². The Kier molecular flexibility index (Phi) is 6.56. The molecule has 2 heterocycles. The van der Waals surface area contributed by atoms with Gasteiger partial charge in [0.15, 0.2) is 0 Å². The third kappa shape index (κ3) is 4.38. The molecule has 0 spiro atoms. The summed E-state index contributed by atoms with van der Waals surface area (Å²) >= 11 is 0. The molecule has 0 atom stereocenters. The molecule has 9 rings (SSSR count). The number of benzene rings is 7. The normalized spacial score (nSPS) is 11.1. The predicted octanol–water partition coefficient (Wildman–Crippen LogP) is 10.8.